The summed E-state index contributed by atoms with van der Waals surface area (Å²) >= 11 is 0. The monoisotopic (exact) mass is 511 g/mol. The van der Waals surface area contributed by atoms with Crippen LogP contribution in [-0.2, 0) is 23.4 Å². The molecule has 1 aliphatic heterocycles. The van der Waals surface area contributed by atoms with Gasteiger partial charge >= 0.3 is 5.97 Å². The van der Waals surface area contributed by atoms with E-state index in [9.17, 15) is 4.79 Å². The van der Waals surface area contributed by atoms with Gasteiger partial charge in [-0.25, -0.2) is 0 Å². The normalized spacial score (nSPS) is 20.7. The van der Waals surface area contributed by atoms with Gasteiger partial charge in [-0.05, 0) is 34.8 Å². The number of azide groups is 1. The Hall–Kier alpha value is -2.68. The lowest BCUT2D eigenvalue weighted by Crippen LogP contribution is -2.68. The van der Waals surface area contributed by atoms with E-state index in [2.05, 4.69) is 55.1 Å². The third kappa shape index (κ3) is 6.54. The lowest BCUT2D eigenvalue weighted by atomic mass is 10.0. The zero-order valence-electron chi connectivity index (χ0n) is 22.0. The van der Waals surface area contributed by atoms with Gasteiger partial charge in [0.05, 0.1) is 24.9 Å². The van der Waals surface area contributed by atoms with Crippen molar-refractivity contribution >= 4 is 24.7 Å². The molecule has 0 aliphatic carbocycles. The van der Waals surface area contributed by atoms with Crippen molar-refractivity contribution in [3.63, 3.8) is 0 Å². The summed E-state index contributed by atoms with van der Waals surface area (Å²) in [4.78, 5) is 14.8. The van der Waals surface area contributed by atoms with Gasteiger partial charge in [0.25, 0.3) is 8.32 Å². The van der Waals surface area contributed by atoms with Crippen molar-refractivity contribution in [1.82, 2.24) is 0 Å². The number of rotatable bonds is 9. The lowest BCUT2D eigenvalue weighted by molar-refractivity contribution is -0.282. The summed E-state index contributed by atoms with van der Waals surface area (Å²) in [5, 5.41) is 5.90. The van der Waals surface area contributed by atoms with E-state index in [-0.39, 0.29) is 24.2 Å². The summed E-state index contributed by atoms with van der Waals surface area (Å²) in [7, 11) is -2.93. The zero-order valence-corrected chi connectivity index (χ0v) is 23.0. The van der Waals surface area contributed by atoms with Gasteiger partial charge in [0, 0.05) is 18.3 Å². The number of carbonyl (C=O) groups is 1. The van der Waals surface area contributed by atoms with Gasteiger partial charge in [-0.15, -0.1) is 0 Å². The number of nitrogens with zero attached hydrogens (tertiary/aromatic N) is 3. The van der Waals surface area contributed by atoms with Gasteiger partial charge in [-0.2, -0.15) is 0 Å². The third-order valence-corrected chi connectivity index (χ3v) is 11.5. The lowest BCUT2D eigenvalue weighted by Gasteiger charge is -2.46. The summed E-state index contributed by atoms with van der Waals surface area (Å²) < 4.78 is 24.6. The average molecular weight is 512 g/mol. The smallest absolute Gasteiger partial charge is 0.302 e. The fraction of sp³-hybridized carbons (Fsp3) is 0.519. The van der Waals surface area contributed by atoms with Crippen LogP contribution in [0.2, 0.25) is 5.04 Å². The molecular formula is C27H37N3O5Si. The van der Waals surface area contributed by atoms with Gasteiger partial charge in [0.15, 0.2) is 5.79 Å². The summed E-state index contributed by atoms with van der Waals surface area (Å²) in [5.74, 6) is -1.22. The topological polar surface area (TPSA) is 103 Å². The van der Waals surface area contributed by atoms with E-state index in [1.807, 2.05) is 50.2 Å². The second-order valence-electron chi connectivity index (χ2n) is 10.6. The van der Waals surface area contributed by atoms with E-state index < -0.39 is 32.4 Å². The van der Waals surface area contributed by atoms with Gasteiger partial charge < -0.3 is 18.6 Å². The standard InChI is InChI=1S/C27H37N3O5Si/c1-20(31)32-18-21(17-25-24(29-30-28)19-33-27(5,6)34-25)35-36(26(2,3)4,22-13-9-7-10-14-22)23-15-11-8-12-16-23/h7-16,21,24-25H,17-19H2,1-6H3/t21-,24+,25+/m0/s1. The van der Waals surface area contributed by atoms with Crippen LogP contribution in [0.1, 0.15) is 48.0 Å². The second-order valence-corrected chi connectivity index (χ2v) is 14.8. The zero-order chi connectivity index (χ0) is 26.4. The average Bonchev–Trinajstić information content (AvgIpc) is 2.82. The van der Waals surface area contributed by atoms with Gasteiger partial charge in [0.1, 0.15) is 6.61 Å². The number of hydrogen-bond acceptors (Lipinski definition) is 6. The molecular weight excluding hydrogens is 474 g/mol. The molecule has 2 aromatic rings. The number of benzene rings is 2. The molecule has 0 saturated carbocycles. The fourth-order valence-electron chi connectivity index (χ4n) is 4.81. The number of esters is 1. The predicted octanol–water partition coefficient (Wildman–Crippen LogP) is 4.72. The van der Waals surface area contributed by atoms with Crippen LogP contribution in [0.15, 0.2) is 65.8 Å². The first-order valence-electron chi connectivity index (χ1n) is 12.3. The minimum absolute atomic E-state index is 0.0595. The quantitative estimate of drug-likeness (QED) is 0.159. The van der Waals surface area contributed by atoms with Crippen molar-refractivity contribution < 1.29 is 23.4 Å². The van der Waals surface area contributed by atoms with Crippen molar-refractivity contribution in [2.75, 3.05) is 13.2 Å². The molecule has 1 fully saturated rings. The largest absolute Gasteiger partial charge is 0.463 e. The van der Waals surface area contributed by atoms with Gasteiger partial charge in [0.2, 0.25) is 0 Å². The van der Waals surface area contributed by atoms with Crippen LogP contribution in [0, 0.1) is 0 Å². The Balaban J connectivity index is 2.09. The molecule has 1 aliphatic rings. The Bertz CT molecular complexity index is 1010. The molecule has 3 atom stereocenters. The molecule has 0 aromatic heterocycles. The molecule has 3 rings (SSSR count). The molecule has 194 valence electrons. The molecule has 0 amide bonds. The van der Waals surface area contributed by atoms with E-state index in [1.54, 1.807) is 0 Å². The molecule has 9 heteroatoms. The van der Waals surface area contributed by atoms with E-state index in [1.165, 1.54) is 6.92 Å². The van der Waals surface area contributed by atoms with Gasteiger partial charge in [-0.1, -0.05) is 86.5 Å². The molecule has 1 saturated heterocycles. The first-order valence-corrected chi connectivity index (χ1v) is 14.2. The van der Waals surface area contributed by atoms with Crippen LogP contribution in [0.5, 0.6) is 0 Å². The maximum atomic E-state index is 11.8. The van der Waals surface area contributed by atoms with E-state index >= 15 is 0 Å². The molecule has 0 unspecified atom stereocenters. The Labute approximate surface area is 214 Å². The summed E-state index contributed by atoms with van der Waals surface area (Å²) in [6.45, 7) is 11.9. The molecule has 8 nitrogen and oxygen atoms in total. The van der Waals surface area contributed by atoms with Gasteiger partial charge in [-0.3, -0.25) is 4.79 Å². The van der Waals surface area contributed by atoms with E-state index in [0.717, 1.165) is 10.4 Å². The van der Waals surface area contributed by atoms with Crippen molar-refractivity contribution in [3.05, 3.63) is 71.1 Å². The fourth-order valence-corrected chi connectivity index (χ4v) is 9.49. The number of carbonyl (C=O) groups excluding carboxylic acids is 1. The van der Waals surface area contributed by atoms with E-state index in [0.29, 0.717) is 6.42 Å². The minimum atomic E-state index is -2.93. The van der Waals surface area contributed by atoms with Crippen LogP contribution in [0.3, 0.4) is 0 Å². The Morgan fingerprint density at radius 3 is 2.17 bits per heavy atom. The summed E-state index contributed by atoms with van der Waals surface area (Å²) in [6, 6.07) is 20.0. The highest BCUT2D eigenvalue weighted by atomic mass is 28.4. The van der Waals surface area contributed by atoms with Crippen LogP contribution < -0.4 is 10.4 Å². The molecule has 0 radical (unpaired) electrons. The predicted molar refractivity (Wildman–Crippen MR) is 142 cm³/mol. The number of hydrogen-bond donors (Lipinski definition) is 0. The second kappa shape index (κ2) is 11.6. The third-order valence-electron chi connectivity index (χ3n) is 6.39. The molecule has 36 heavy (non-hydrogen) atoms. The summed E-state index contributed by atoms with van der Waals surface area (Å²) in [5.41, 5.74) is 9.12. The Kier molecular flexibility index (Phi) is 8.97. The summed E-state index contributed by atoms with van der Waals surface area (Å²) in [6.07, 6.45) is -0.604. The maximum absolute atomic E-state index is 11.8. The molecule has 1 heterocycles. The molecule has 2 aromatic carbocycles. The molecule has 0 spiro atoms. The first-order chi connectivity index (χ1) is 17.0. The van der Waals surface area contributed by atoms with Crippen LogP contribution in [0.4, 0.5) is 0 Å². The SMILES string of the molecule is CC(=O)OC[C@H](C[C@H]1OC(C)(C)OC[C@H]1N=[N+]=[N-])O[Si](c1ccccc1)(c1ccccc1)C(C)(C)C. The number of ether oxygens (including phenoxy) is 3. The van der Waals surface area contributed by atoms with Crippen LogP contribution in [-0.4, -0.2) is 51.5 Å². The van der Waals surface area contributed by atoms with Crippen molar-refractivity contribution in [2.24, 2.45) is 5.11 Å². The highest BCUT2D eigenvalue weighted by Gasteiger charge is 2.52. The van der Waals surface area contributed by atoms with Crippen LogP contribution in [0.25, 0.3) is 10.4 Å². The van der Waals surface area contributed by atoms with Crippen molar-refractivity contribution in [3.8, 4) is 0 Å². The molecule has 0 bridgehead atoms. The van der Waals surface area contributed by atoms with E-state index in [4.69, 9.17) is 24.2 Å². The Morgan fingerprint density at radius 2 is 1.69 bits per heavy atom. The molecule has 0 N–H and O–H groups in total. The Morgan fingerprint density at radius 1 is 1.14 bits per heavy atom. The first kappa shape index (κ1) is 27.9. The van der Waals surface area contributed by atoms with Crippen LogP contribution >= 0.6 is 0 Å². The van der Waals surface area contributed by atoms with Crippen molar-refractivity contribution in [2.45, 2.75) is 77.0 Å². The maximum Gasteiger partial charge on any atom is 0.302 e. The highest BCUT2D eigenvalue weighted by Crippen LogP contribution is 2.38. The highest BCUT2D eigenvalue weighted by molar-refractivity contribution is 6.99. The minimum Gasteiger partial charge on any atom is -0.463 e. The van der Waals surface area contributed by atoms with Crippen molar-refractivity contribution in [1.29, 1.82) is 0 Å².